The first-order chi connectivity index (χ1) is 14.7. The molecule has 0 radical (unpaired) electrons. The Bertz CT molecular complexity index is 1060. The van der Waals surface area contributed by atoms with Crippen LogP contribution in [-0.2, 0) is 16.8 Å². The number of benzene rings is 2. The van der Waals surface area contributed by atoms with E-state index >= 15 is 0 Å². The van der Waals surface area contributed by atoms with Gasteiger partial charge in [-0.2, -0.15) is 5.10 Å². The lowest BCUT2D eigenvalue weighted by atomic mass is 9.87. The first-order valence-corrected chi connectivity index (χ1v) is 10.9. The second-order valence-corrected chi connectivity index (χ2v) is 8.98. The molecule has 0 bridgehead atoms. The van der Waals surface area contributed by atoms with Crippen LogP contribution in [0, 0.1) is 11.7 Å². The van der Waals surface area contributed by atoms with Gasteiger partial charge < -0.3 is 10.1 Å². The summed E-state index contributed by atoms with van der Waals surface area (Å²) in [5, 5.41) is 10.0. The van der Waals surface area contributed by atoms with Crippen molar-refractivity contribution in [3.05, 3.63) is 64.4 Å². The Morgan fingerprint density at radius 2 is 1.81 bits per heavy atom. The van der Waals surface area contributed by atoms with Gasteiger partial charge in [0.1, 0.15) is 12.4 Å². The molecule has 1 amide bonds. The number of ether oxygens (including phenoxy) is 1. The highest BCUT2D eigenvalue weighted by atomic mass is 32.1. The highest BCUT2D eigenvalue weighted by molar-refractivity contribution is 7.71. The van der Waals surface area contributed by atoms with Crippen molar-refractivity contribution < 1.29 is 9.53 Å². The van der Waals surface area contributed by atoms with Gasteiger partial charge >= 0.3 is 0 Å². The number of aromatic amines is 1. The predicted molar refractivity (Wildman–Crippen MR) is 126 cm³/mol. The zero-order valence-corrected chi connectivity index (χ0v) is 19.4. The maximum atomic E-state index is 12.3. The fraction of sp³-hybridized carbons (Fsp3) is 0.375. The normalized spacial score (nSPS) is 11.4. The number of carbonyl (C=O) groups is 1. The van der Waals surface area contributed by atoms with Gasteiger partial charge in [-0.05, 0) is 42.3 Å². The maximum absolute atomic E-state index is 12.3. The molecule has 0 saturated heterocycles. The molecule has 3 aromatic rings. The Morgan fingerprint density at radius 1 is 1.13 bits per heavy atom. The largest absolute Gasteiger partial charge is 0.492 e. The minimum absolute atomic E-state index is 0.0513. The molecule has 1 heterocycles. The second-order valence-electron chi connectivity index (χ2n) is 8.59. The summed E-state index contributed by atoms with van der Waals surface area (Å²) in [6, 6.07) is 16.2. The molecule has 1 aromatic heterocycles. The molecule has 31 heavy (non-hydrogen) atoms. The van der Waals surface area contributed by atoms with Gasteiger partial charge in [0.25, 0.3) is 0 Å². The number of amides is 1. The highest BCUT2D eigenvalue weighted by Crippen LogP contribution is 2.24. The number of carbonyl (C=O) groups excluding carboxylic acids is 1. The zero-order valence-electron chi connectivity index (χ0n) is 18.6. The number of aromatic nitrogens is 3. The van der Waals surface area contributed by atoms with Crippen molar-refractivity contribution >= 4 is 18.1 Å². The van der Waals surface area contributed by atoms with Crippen LogP contribution in [-0.4, -0.2) is 33.8 Å². The molecule has 0 aliphatic heterocycles. The van der Waals surface area contributed by atoms with E-state index in [2.05, 4.69) is 48.4 Å². The number of rotatable bonds is 8. The van der Waals surface area contributed by atoms with E-state index in [0.717, 1.165) is 17.1 Å². The van der Waals surface area contributed by atoms with Crippen LogP contribution in [0.1, 0.15) is 38.3 Å². The summed E-state index contributed by atoms with van der Waals surface area (Å²) in [5.41, 5.74) is 3.51. The molecule has 3 rings (SSSR count). The van der Waals surface area contributed by atoms with Crippen molar-refractivity contribution in [1.82, 2.24) is 20.1 Å². The molecular formula is C24H30N4O2S. The van der Waals surface area contributed by atoms with Crippen molar-refractivity contribution in [3.8, 4) is 17.1 Å². The third kappa shape index (κ3) is 6.28. The van der Waals surface area contributed by atoms with E-state index in [4.69, 9.17) is 17.0 Å². The Labute approximate surface area is 188 Å². The number of aryl methyl sites for hydroxylation is 1. The van der Waals surface area contributed by atoms with Crippen LogP contribution in [0.25, 0.3) is 11.4 Å². The average Bonchev–Trinajstić information content (AvgIpc) is 3.10. The van der Waals surface area contributed by atoms with E-state index in [9.17, 15) is 4.79 Å². The van der Waals surface area contributed by atoms with Crippen molar-refractivity contribution in [2.24, 2.45) is 0 Å². The second kappa shape index (κ2) is 9.92. The highest BCUT2D eigenvalue weighted by Gasteiger charge is 2.13. The van der Waals surface area contributed by atoms with Crippen LogP contribution >= 0.6 is 12.2 Å². The quantitative estimate of drug-likeness (QED) is 0.391. The summed E-state index contributed by atoms with van der Waals surface area (Å²) in [6.07, 6.45) is 0.312. The van der Waals surface area contributed by atoms with Gasteiger partial charge in [0.05, 0.1) is 6.54 Å². The third-order valence-electron chi connectivity index (χ3n) is 5.04. The minimum atomic E-state index is -0.0513. The first-order valence-electron chi connectivity index (χ1n) is 10.5. The summed E-state index contributed by atoms with van der Waals surface area (Å²) in [4.78, 5) is 12.3. The SMILES string of the molecule is Cc1ccc(-c2n[nH]c(=S)n2CCC(=O)NCCOc2ccc(C(C)(C)C)cc2)cc1. The van der Waals surface area contributed by atoms with E-state index in [1.54, 1.807) is 0 Å². The molecular weight excluding hydrogens is 408 g/mol. The number of hydrogen-bond donors (Lipinski definition) is 2. The molecule has 0 spiro atoms. The minimum Gasteiger partial charge on any atom is -0.492 e. The molecule has 0 saturated carbocycles. The molecule has 0 aliphatic rings. The zero-order chi connectivity index (χ0) is 22.4. The van der Waals surface area contributed by atoms with Gasteiger partial charge in [-0.15, -0.1) is 0 Å². The standard InChI is InChI=1S/C24H30N4O2S/c1-17-5-7-18(8-6-17)22-26-27-23(31)28(22)15-13-21(29)25-14-16-30-20-11-9-19(10-12-20)24(2,3)4/h5-12H,13-16H2,1-4H3,(H,25,29)(H,27,31). The molecule has 164 valence electrons. The van der Waals surface area contributed by atoms with Crippen LogP contribution < -0.4 is 10.1 Å². The monoisotopic (exact) mass is 438 g/mol. The van der Waals surface area contributed by atoms with Crippen LogP contribution in [0.3, 0.4) is 0 Å². The smallest absolute Gasteiger partial charge is 0.221 e. The van der Waals surface area contributed by atoms with Crippen molar-refractivity contribution in [2.75, 3.05) is 13.2 Å². The molecule has 7 heteroatoms. The van der Waals surface area contributed by atoms with Gasteiger partial charge in [0, 0.05) is 18.5 Å². The molecule has 2 N–H and O–H groups in total. The maximum Gasteiger partial charge on any atom is 0.221 e. The lowest BCUT2D eigenvalue weighted by molar-refractivity contribution is -0.121. The summed E-state index contributed by atoms with van der Waals surface area (Å²) < 4.78 is 8.09. The van der Waals surface area contributed by atoms with Gasteiger partial charge in [-0.1, -0.05) is 62.7 Å². The van der Waals surface area contributed by atoms with Crippen LogP contribution in [0.2, 0.25) is 0 Å². The Hall–Kier alpha value is -2.93. The fourth-order valence-corrected chi connectivity index (χ4v) is 3.38. The third-order valence-corrected chi connectivity index (χ3v) is 5.36. The van der Waals surface area contributed by atoms with Crippen LogP contribution in [0.4, 0.5) is 0 Å². The van der Waals surface area contributed by atoms with Crippen molar-refractivity contribution in [1.29, 1.82) is 0 Å². The number of nitrogens with zero attached hydrogens (tertiary/aromatic N) is 2. The van der Waals surface area contributed by atoms with Gasteiger partial charge in [0.2, 0.25) is 5.91 Å². The molecule has 0 atom stereocenters. The summed E-state index contributed by atoms with van der Waals surface area (Å²) in [6.45, 7) is 9.90. The van der Waals surface area contributed by atoms with Gasteiger partial charge in [0.15, 0.2) is 10.6 Å². The van der Waals surface area contributed by atoms with E-state index in [0.29, 0.717) is 30.9 Å². The Kier molecular flexibility index (Phi) is 7.28. The van der Waals surface area contributed by atoms with Crippen molar-refractivity contribution in [3.63, 3.8) is 0 Å². The van der Waals surface area contributed by atoms with E-state index in [-0.39, 0.29) is 11.3 Å². The average molecular weight is 439 g/mol. The van der Waals surface area contributed by atoms with Crippen molar-refractivity contribution in [2.45, 2.75) is 46.1 Å². The van der Waals surface area contributed by atoms with E-state index < -0.39 is 0 Å². The number of hydrogen-bond acceptors (Lipinski definition) is 4. The lowest BCUT2D eigenvalue weighted by Crippen LogP contribution is -2.28. The number of H-pyrrole nitrogens is 1. The topological polar surface area (TPSA) is 71.9 Å². The Morgan fingerprint density at radius 3 is 2.45 bits per heavy atom. The molecule has 6 nitrogen and oxygen atoms in total. The molecule has 2 aromatic carbocycles. The Balaban J connectivity index is 1.45. The van der Waals surface area contributed by atoms with Gasteiger partial charge in [-0.25, -0.2) is 0 Å². The van der Waals surface area contributed by atoms with Crippen LogP contribution in [0.5, 0.6) is 5.75 Å². The van der Waals surface area contributed by atoms with Gasteiger partial charge in [-0.3, -0.25) is 14.5 Å². The van der Waals surface area contributed by atoms with E-state index in [1.165, 1.54) is 11.1 Å². The molecule has 0 aliphatic carbocycles. The number of nitrogens with one attached hydrogen (secondary N) is 2. The molecule has 0 unspecified atom stereocenters. The van der Waals surface area contributed by atoms with E-state index in [1.807, 2.05) is 47.9 Å². The summed E-state index contributed by atoms with van der Waals surface area (Å²) >= 11 is 5.34. The lowest BCUT2D eigenvalue weighted by Gasteiger charge is -2.19. The summed E-state index contributed by atoms with van der Waals surface area (Å²) in [7, 11) is 0. The predicted octanol–water partition coefficient (Wildman–Crippen LogP) is 4.80. The molecule has 0 fully saturated rings. The first kappa shape index (κ1) is 22.7. The fourth-order valence-electron chi connectivity index (χ4n) is 3.16. The van der Waals surface area contributed by atoms with Crippen LogP contribution in [0.15, 0.2) is 48.5 Å². The summed E-state index contributed by atoms with van der Waals surface area (Å²) in [5.74, 6) is 1.49.